The van der Waals surface area contributed by atoms with Gasteiger partial charge in [0.25, 0.3) is 0 Å². The first kappa shape index (κ1) is 22.3. The fourth-order valence-electron chi connectivity index (χ4n) is 2.35. The highest BCUT2D eigenvalue weighted by molar-refractivity contribution is 7.91. The summed E-state index contributed by atoms with van der Waals surface area (Å²) in [6.45, 7) is 0. The fraction of sp³-hybridized carbons (Fsp3) is 0.250. The third-order valence-electron chi connectivity index (χ3n) is 3.39. The maximum Gasteiger partial charge on any atom is 0.393 e. The van der Waals surface area contributed by atoms with Crippen molar-refractivity contribution < 1.29 is 48.5 Å². The SMILES string of the molecule is [O-][S+](c1cc(F)cc(F)c1CC(F)(F)F)c1cc(F)cc(F)c1CC(F)(F)F. The van der Waals surface area contributed by atoms with E-state index in [1.165, 1.54) is 0 Å². The molecular weight excluding hydrogens is 430 g/mol. The molecular formula is C16H8F10OS. The van der Waals surface area contributed by atoms with E-state index in [2.05, 4.69) is 0 Å². The number of benzene rings is 2. The molecule has 154 valence electrons. The molecule has 2 rings (SSSR count). The molecule has 28 heavy (non-hydrogen) atoms. The van der Waals surface area contributed by atoms with Crippen LogP contribution in [0.3, 0.4) is 0 Å². The Morgan fingerprint density at radius 2 is 0.964 bits per heavy atom. The van der Waals surface area contributed by atoms with E-state index in [4.69, 9.17) is 0 Å². The van der Waals surface area contributed by atoms with Crippen LogP contribution >= 0.6 is 0 Å². The lowest BCUT2D eigenvalue weighted by Crippen LogP contribution is -2.20. The first-order valence-electron chi connectivity index (χ1n) is 7.19. The maximum absolute atomic E-state index is 13.8. The topological polar surface area (TPSA) is 23.1 Å². The van der Waals surface area contributed by atoms with E-state index in [1.807, 2.05) is 0 Å². The van der Waals surface area contributed by atoms with Gasteiger partial charge >= 0.3 is 12.4 Å². The molecule has 0 bridgehead atoms. The minimum absolute atomic E-state index is 0.0601. The molecule has 2 aromatic carbocycles. The summed E-state index contributed by atoms with van der Waals surface area (Å²) in [7, 11) is 0. The molecule has 0 aliphatic heterocycles. The zero-order valence-electron chi connectivity index (χ0n) is 13.3. The monoisotopic (exact) mass is 438 g/mol. The molecule has 0 heterocycles. The van der Waals surface area contributed by atoms with Gasteiger partial charge in [0.1, 0.15) is 23.3 Å². The highest BCUT2D eigenvalue weighted by Gasteiger charge is 2.38. The average Bonchev–Trinajstić information content (AvgIpc) is 2.49. The van der Waals surface area contributed by atoms with Gasteiger partial charge in [0.2, 0.25) is 0 Å². The summed E-state index contributed by atoms with van der Waals surface area (Å²) in [6.07, 6.45) is -14.1. The van der Waals surface area contributed by atoms with Crippen LogP contribution < -0.4 is 0 Å². The summed E-state index contributed by atoms with van der Waals surface area (Å²) < 4.78 is 143. The Morgan fingerprint density at radius 1 is 0.643 bits per heavy atom. The van der Waals surface area contributed by atoms with E-state index >= 15 is 0 Å². The summed E-state index contributed by atoms with van der Waals surface area (Å²) in [4.78, 5) is -2.36. The Bertz CT molecular complexity index is 804. The predicted octanol–water partition coefficient (Wildman–Crippen LogP) is 5.62. The Hall–Kier alpha value is -1.95. The summed E-state index contributed by atoms with van der Waals surface area (Å²) in [5.41, 5.74) is -2.62. The Labute approximate surface area is 154 Å². The van der Waals surface area contributed by atoms with Gasteiger partial charge in [0.05, 0.1) is 24.0 Å². The molecule has 0 saturated heterocycles. The average molecular weight is 438 g/mol. The highest BCUT2D eigenvalue weighted by atomic mass is 32.2. The highest BCUT2D eigenvalue weighted by Crippen LogP contribution is 2.36. The van der Waals surface area contributed by atoms with Crippen molar-refractivity contribution in [1.29, 1.82) is 0 Å². The largest absolute Gasteiger partial charge is 0.606 e. The van der Waals surface area contributed by atoms with E-state index in [9.17, 15) is 48.5 Å². The summed E-state index contributed by atoms with van der Waals surface area (Å²) in [6, 6.07) is 0.538. The van der Waals surface area contributed by atoms with Crippen LogP contribution in [0, 0.1) is 23.3 Å². The van der Waals surface area contributed by atoms with E-state index in [1.54, 1.807) is 0 Å². The summed E-state index contributed by atoms with van der Waals surface area (Å²) in [5.74, 6) is -6.45. The molecule has 0 aliphatic rings. The molecule has 0 atom stereocenters. The van der Waals surface area contributed by atoms with E-state index in [0.717, 1.165) is 0 Å². The number of hydrogen-bond acceptors (Lipinski definition) is 1. The standard InChI is InChI=1S/C16H8F10OS/c17-7-1-11(19)9(5-15(21,22)23)13(3-7)28(27)14-4-8(18)2-12(20)10(14)6-16(24,25)26/h1-4H,5-6H2. The first-order chi connectivity index (χ1) is 12.7. The third kappa shape index (κ3) is 5.53. The molecule has 0 spiro atoms. The lowest BCUT2D eigenvalue weighted by Gasteiger charge is -2.19. The molecule has 0 amide bonds. The van der Waals surface area contributed by atoms with Crippen molar-refractivity contribution in [3.05, 3.63) is 58.7 Å². The molecule has 0 aliphatic carbocycles. The van der Waals surface area contributed by atoms with Crippen LogP contribution in [0.25, 0.3) is 0 Å². The molecule has 2 aromatic rings. The minimum atomic E-state index is -5.04. The van der Waals surface area contributed by atoms with Crippen molar-refractivity contribution in [2.45, 2.75) is 35.0 Å². The van der Waals surface area contributed by atoms with Crippen LogP contribution in [0.15, 0.2) is 34.1 Å². The molecule has 0 N–H and O–H groups in total. The van der Waals surface area contributed by atoms with Gasteiger partial charge in [0, 0.05) is 35.4 Å². The van der Waals surface area contributed by atoms with Crippen LogP contribution in [0.1, 0.15) is 11.1 Å². The maximum atomic E-state index is 13.8. The molecule has 0 radical (unpaired) electrons. The second-order valence-corrected chi connectivity index (χ2v) is 7.00. The van der Waals surface area contributed by atoms with Crippen LogP contribution in [0.5, 0.6) is 0 Å². The van der Waals surface area contributed by atoms with E-state index in [-0.39, 0.29) is 24.3 Å². The van der Waals surface area contributed by atoms with Gasteiger partial charge in [-0.3, -0.25) is 0 Å². The second kappa shape index (κ2) is 7.82. The zero-order valence-corrected chi connectivity index (χ0v) is 14.1. The smallest absolute Gasteiger partial charge is 0.393 e. The van der Waals surface area contributed by atoms with Crippen LogP contribution in [0.2, 0.25) is 0 Å². The second-order valence-electron chi connectivity index (χ2n) is 5.58. The number of alkyl halides is 6. The Balaban J connectivity index is 2.68. The van der Waals surface area contributed by atoms with Gasteiger partial charge in [-0.05, 0) is 0 Å². The van der Waals surface area contributed by atoms with Gasteiger partial charge in [-0.2, -0.15) is 26.3 Å². The van der Waals surface area contributed by atoms with Crippen molar-refractivity contribution in [1.82, 2.24) is 0 Å². The van der Waals surface area contributed by atoms with Crippen molar-refractivity contribution in [2.24, 2.45) is 0 Å². The van der Waals surface area contributed by atoms with Crippen LogP contribution in [0.4, 0.5) is 43.9 Å². The Morgan fingerprint density at radius 3 is 1.25 bits per heavy atom. The lowest BCUT2D eigenvalue weighted by molar-refractivity contribution is -0.129. The van der Waals surface area contributed by atoms with Crippen molar-refractivity contribution in [2.75, 3.05) is 0 Å². The predicted molar refractivity (Wildman–Crippen MR) is 76.9 cm³/mol. The quantitative estimate of drug-likeness (QED) is 0.449. The molecule has 0 saturated carbocycles. The van der Waals surface area contributed by atoms with Gasteiger partial charge in [0.15, 0.2) is 9.79 Å². The van der Waals surface area contributed by atoms with Crippen molar-refractivity contribution in [3.63, 3.8) is 0 Å². The van der Waals surface area contributed by atoms with Gasteiger partial charge in [-0.15, -0.1) is 0 Å². The van der Waals surface area contributed by atoms with Gasteiger partial charge in [-0.1, -0.05) is 0 Å². The van der Waals surface area contributed by atoms with Crippen molar-refractivity contribution in [3.8, 4) is 0 Å². The van der Waals surface area contributed by atoms with Gasteiger partial charge in [-0.25, -0.2) is 17.6 Å². The van der Waals surface area contributed by atoms with Crippen LogP contribution in [-0.2, 0) is 24.0 Å². The normalized spacial score (nSPS) is 12.7. The zero-order chi connectivity index (χ0) is 21.4. The van der Waals surface area contributed by atoms with Gasteiger partial charge < -0.3 is 4.55 Å². The van der Waals surface area contributed by atoms with Crippen molar-refractivity contribution >= 4 is 11.2 Å². The fourth-order valence-corrected chi connectivity index (χ4v) is 3.82. The molecule has 0 fully saturated rings. The lowest BCUT2D eigenvalue weighted by atomic mass is 10.1. The summed E-state index contributed by atoms with van der Waals surface area (Å²) >= 11 is -3.14. The molecule has 12 heteroatoms. The molecule has 1 nitrogen and oxygen atoms in total. The van der Waals surface area contributed by atoms with E-state index < -0.39 is 80.6 Å². The van der Waals surface area contributed by atoms with Crippen LogP contribution in [-0.4, -0.2) is 16.9 Å². The molecule has 0 aromatic heterocycles. The summed E-state index contributed by atoms with van der Waals surface area (Å²) in [5, 5.41) is 0. The number of halogens is 10. The third-order valence-corrected chi connectivity index (χ3v) is 4.92. The number of hydrogen-bond donors (Lipinski definition) is 0. The molecule has 0 unspecified atom stereocenters. The minimum Gasteiger partial charge on any atom is -0.606 e. The Kier molecular flexibility index (Phi) is 6.24. The first-order valence-corrected chi connectivity index (χ1v) is 8.34. The number of rotatable bonds is 4. The van der Waals surface area contributed by atoms with E-state index in [0.29, 0.717) is 0 Å².